The van der Waals surface area contributed by atoms with Crippen molar-refractivity contribution < 1.29 is 13.6 Å². The lowest BCUT2D eigenvalue weighted by Crippen LogP contribution is -2.12. The number of aromatic nitrogens is 1. The van der Waals surface area contributed by atoms with E-state index in [-0.39, 0.29) is 5.91 Å². The fourth-order valence-electron chi connectivity index (χ4n) is 1.82. The zero-order chi connectivity index (χ0) is 15.9. The van der Waals surface area contributed by atoms with Gasteiger partial charge in [0.25, 0.3) is 0 Å². The molecule has 1 aromatic carbocycles. The Kier molecular flexibility index (Phi) is 5.41. The molecule has 1 amide bonds. The Labute approximate surface area is 127 Å². The topological polar surface area (TPSA) is 54.0 Å². The number of hydrogen-bond acceptors (Lipinski definition) is 3. The average molecular weight is 305 g/mol. The van der Waals surface area contributed by atoms with Crippen molar-refractivity contribution in [2.75, 3.05) is 10.6 Å². The first-order chi connectivity index (χ1) is 10.6. The van der Waals surface area contributed by atoms with Crippen molar-refractivity contribution in [2.45, 2.75) is 26.2 Å². The number of amides is 1. The second-order valence-electron chi connectivity index (χ2n) is 4.84. The van der Waals surface area contributed by atoms with E-state index in [0.717, 1.165) is 25.0 Å². The summed E-state index contributed by atoms with van der Waals surface area (Å²) in [5.74, 6) is -1.43. The number of nitrogens with zero attached hydrogens (tertiary/aromatic N) is 1. The first kappa shape index (κ1) is 15.9. The number of anilines is 3. The zero-order valence-electron chi connectivity index (χ0n) is 12.2. The molecule has 0 unspecified atom stereocenters. The van der Waals surface area contributed by atoms with Gasteiger partial charge in [-0.2, -0.15) is 0 Å². The van der Waals surface area contributed by atoms with Crippen LogP contribution >= 0.6 is 0 Å². The number of carbonyl (C=O) groups excluding carboxylic acids is 1. The van der Waals surface area contributed by atoms with Crippen LogP contribution in [-0.2, 0) is 4.79 Å². The van der Waals surface area contributed by atoms with Crippen LogP contribution in [0.25, 0.3) is 0 Å². The molecule has 2 N–H and O–H groups in total. The van der Waals surface area contributed by atoms with E-state index in [4.69, 9.17) is 0 Å². The van der Waals surface area contributed by atoms with Gasteiger partial charge in [-0.15, -0.1) is 0 Å². The zero-order valence-corrected chi connectivity index (χ0v) is 12.2. The Morgan fingerprint density at radius 1 is 1.14 bits per heavy atom. The maximum atomic E-state index is 13.1. The monoisotopic (exact) mass is 305 g/mol. The van der Waals surface area contributed by atoms with Gasteiger partial charge in [0, 0.05) is 18.2 Å². The summed E-state index contributed by atoms with van der Waals surface area (Å²) in [5, 5.41) is 5.60. The number of nitrogens with one attached hydrogen (secondary N) is 2. The number of benzene rings is 1. The molecule has 0 saturated heterocycles. The minimum absolute atomic E-state index is 0.0735. The molecule has 22 heavy (non-hydrogen) atoms. The van der Waals surface area contributed by atoms with Gasteiger partial charge >= 0.3 is 0 Å². The number of hydrogen-bond donors (Lipinski definition) is 2. The van der Waals surface area contributed by atoms with Crippen molar-refractivity contribution >= 4 is 23.1 Å². The second-order valence-corrected chi connectivity index (χ2v) is 4.84. The van der Waals surface area contributed by atoms with Gasteiger partial charge in [-0.05, 0) is 30.7 Å². The normalized spacial score (nSPS) is 10.3. The fraction of sp³-hybridized carbons (Fsp3) is 0.250. The highest BCUT2D eigenvalue weighted by Gasteiger charge is 2.05. The fourth-order valence-corrected chi connectivity index (χ4v) is 1.82. The van der Waals surface area contributed by atoms with Gasteiger partial charge < -0.3 is 10.6 Å². The highest BCUT2D eigenvalue weighted by Crippen LogP contribution is 2.19. The second kappa shape index (κ2) is 7.49. The average Bonchev–Trinajstić information content (AvgIpc) is 2.51. The molecule has 0 aliphatic heterocycles. The maximum Gasteiger partial charge on any atom is 0.225 e. The van der Waals surface area contributed by atoms with Crippen LogP contribution in [0.2, 0.25) is 0 Å². The van der Waals surface area contributed by atoms with E-state index in [1.54, 1.807) is 12.1 Å². The maximum absolute atomic E-state index is 13.1. The standard InChI is InChI=1S/C16H17F2N3O/c1-2-3-4-16(22)21-15-8-6-12(10-19-15)20-11-5-7-13(17)14(18)9-11/h5-10,20H,2-4H2,1H3,(H,19,21,22). The molecule has 0 aliphatic carbocycles. The van der Waals surface area contributed by atoms with Gasteiger partial charge in [-0.1, -0.05) is 13.3 Å². The van der Waals surface area contributed by atoms with Crippen molar-refractivity contribution in [3.63, 3.8) is 0 Å². The number of carbonyl (C=O) groups is 1. The molecule has 0 radical (unpaired) electrons. The van der Waals surface area contributed by atoms with Crippen molar-refractivity contribution in [2.24, 2.45) is 0 Å². The van der Waals surface area contributed by atoms with Crippen molar-refractivity contribution in [1.29, 1.82) is 0 Å². The van der Waals surface area contributed by atoms with Crippen LogP contribution in [0.4, 0.5) is 26.0 Å². The van der Waals surface area contributed by atoms with Crippen molar-refractivity contribution in [1.82, 2.24) is 4.98 Å². The van der Waals surface area contributed by atoms with Gasteiger partial charge in [0.05, 0.1) is 11.9 Å². The summed E-state index contributed by atoms with van der Waals surface area (Å²) in [6.45, 7) is 2.02. The Morgan fingerprint density at radius 3 is 2.55 bits per heavy atom. The molecular weight excluding hydrogens is 288 g/mol. The minimum atomic E-state index is -0.919. The SMILES string of the molecule is CCCCC(=O)Nc1ccc(Nc2ccc(F)c(F)c2)cn1. The van der Waals surface area contributed by atoms with Crippen LogP contribution in [0.3, 0.4) is 0 Å². The molecule has 1 aromatic heterocycles. The number of pyridine rings is 1. The predicted molar refractivity (Wildman–Crippen MR) is 82.0 cm³/mol. The first-order valence-corrected chi connectivity index (χ1v) is 7.06. The summed E-state index contributed by atoms with van der Waals surface area (Å²) in [5.41, 5.74) is 1.03. The van der Waals surface area contributed by atoms with Crippen LogP contribution in [-0.4, -0.2) is 10.9 Å². The summed E-state index contributed by atoms with van der Waals surface area (Å²) in [7, 11) is 0. The van der Waals surface area contributed by atoms with Crippen LogP contribution in [0, 0.1) is 11.6 Å². The molecule has 0 atom stereocenters. The van der Waals surface area contributed by atoms with Gasteiger partial charge in [0.15, 0.2) is 11.6 Å². The van der Waals surface area contributed by atoms with Gasteiger partial charge in [0.2, 0.25) is 5.91 Å². The molecule has 6 heteroatoms. The van der Waals surface area contributed by atoms with Crippen LogP contribution in [0.15, 0.2) is 36.5 Å². The molecule has 0 bridgehead atoms. The third kappa shape index (κ3) is 4.51. The molecule has 1 heterocycles. The quantitative estimate of drug-likeness (QED) is 0.839. The lowest BCUT2D eigenvalue weighted by molar-refractivity contribution is -0.116. The van der Waals surface area contributed by atoms with E-state index in [0.29, 0.717) is 23.6 Å². The van der Waals surface area contributed by atoms with E-state index in [9.17, 15) is 13.6 Å². The lowest BCUT2D eigenvalue weighted by atomic mass is 10.2. The summed E-state index contributed by atoms with van der Waals surface area (Å²) in [4.78, 5) is 15.7. The smallest absolute Gasteiger partial charge is 0.225 e. The molecule has 0 spiro atoms. The van der Waals surface area contributed by atoms with Crippen LogP contribution < -0.4 is 10.6 Å². The molecule has 0 fully saturated rings. The first-order valence-electron chi connectivity index (χ1n) is 7.06. The molecule has 0 aliphatic rings. The van der Waals surface area contributed by atoms with Crippen molar-refractivity contribution in [3.05, 3.63) is 48.2 Å². The summed E-state index contributed by atoms with van der Waals surface area (Å²) in [6, 6.07) is 6.89. The Bertz CT molecular complexity index is 644. The highest BCUT2D eigenvalue weighted by molar-refractivity contribution is 5.89. The number of unbranched alkanes of at least 4 members (excludes halogenated alkanes) is 1. The van der Waals surface area contributed by atoms with E-state index in [2.05, 4.69) is 15.6 Å². The van der Waals surface area contributed by atoms with E-state index < -0.39 is 11.6 Å². The largest absolute Gasteiger partial charge is 0.354 e. The third-order valence-electron chi connectivity index (χ3n) is 3.00. The Balaban J connectivity index is 1.96. The van der Waals surface area contributed by atoms with Gasteiger partial charge in [0.1, 0.15) is 5.82 Å². The van der Waals surface area contributed by atoms with E-state index >= 15 is 0 Å². The molecule has 0 saturated carbocycles. The summed E-state index contributed by atoms with van der Waals surface area (Å²) in [6.07, 6.45) is 3.77. The third-order valence-corrected chi connectivity index (χ3v) is 3.00. The van der Waals surface area contributed by atoms with Crippen LogP contribution in [0.5, 0.6) is 0 Å². The number of halogens is 2. The van der Waals surface area contributed by atoms with Crippen LogP contribution in [0.1, 0.15) is 26.2 Å². The molecule has 2 rings (SSSR count). The Hall–Kier alpha value is -2.50. The van der Waals surface area contributed by atoms with Gasteiger partial charge in [-0.3, -0.25) is 4.79 Å². The van der Waals surface area contributed by atoms with E-state index in [1.165, 1.54) is 12.3 Å². The molecule has 2 aromatic rings. The molecule has 4 nitrogen and oxygen atoms in total. The summed E-state index contributed by atoms with van der Waals surface area (Å²) >= 11 is 0. The minimum Gasteiger partial charge on any atom is -0.354 e. The predicted octanol–water partition coefficient (Wildman–Crippen LogP) is 4.23. The van der Waals surface area contributed by atoms with E-state index in [1.807, 2.05) is 6.92 Å². The number of rotatable bonds is 6. The van der Waals surface area contributed by atoms with Crippen molar-refractivity contribution in [3.8, 4) is 0 Å². The van der Waals surface area contributed by atoms with Gasteiger partial charge in [-0.25, -0.2) is 13.8 Å². The Morgan fingerprint density at radius 2 is 1.91 bits per heavy atom. The molecular formula is C16H17F2N3O. The lowest BCUT2D eigenvalue weighted by Gasteiger charge is -2.08. The molecule has 116 valence electrons. The summed E-state index contributed by atoms with van der Waals surface area (Å²) < 4.78 is 26.0. The highest BCUT2D eigenvalue weighted by atomic mass is 19.2.